The molecule has 6 heteroatoms. The van der Waals surface area contributed by atoms with Crippen molar-refractivity contribution in [1.82, 2.24) is 4.98 Å². The first-order valence-corrected chi connectivity index (χ1v) is 8.46. The first kappa shape index (κ1) is 14.0. The molecule has 0 aliphatic rings. The van der Waals surface area contributed by atoms with E-state index < -0.39 is 10.0 Å². The number of pyridine rings is 1. The van der Waals surface area contributed by atoms with E-state index in [1.54, 1.807) is 30.3 Å². The van der Waals surface area contributed by atoms with Gasteiger partial charge >= 0.3 is 0 Å². The standard InChI is InChI=1S/C15H11BrN2O2S/c16-13-6-2-4-8-15(13)21(19,20)18-12-9-11-5-1-3-7-14(11)17-10-12/h1-10,18H. The molecular weight excluding hydrogens is 352 g/mol. The van der Waals surface area contributed by atoms with Crippen molar-refractivity contribution in [3.05, 3.63) is 65.3 Å². The zero-order valence-electron chi connectivity index (χ0n) is 10.8. The van der Waals surface area contributed by atoms with Gasteiger partial charge in [-0.15, -0.1) is 0 Å². The molecule has 1 N–H and O–H groups in total. The lowest BCUT2D eigenvalue weighted by atomic mass is 10.2. The quantitative estimate of drug-likeness (QED) is 0.770. The highest BCUT2D eigenvalue weighted by molar-refractivity contribution is 9.10. The molecule has 0 amide bonds. The number of hydrogen-bond donors (Lipinski definition) is 1. The van der Waals surface area contributed by atoms with Gasteiger partial charge in [-0.1, -0.05) is 30.3 Å². The molecule has 0 unspecified atom stereocenters. The molecular formula is C15H11BrN2O2S. The molecule has 1 heterocycles. The Kier molecular flexibility index (Phi) is 3.65. The van der Waals surface area contributed by atoms with Crippen LogP contribution < -0.4 is 4.72 Å². The Morgan fingerprint density at radius 1 is 1.00 bits per heavy atom. The monoisotopic (exact) mass is 362 g/mol. The number of hydrogen-bond acceptors (Lipinski definition) is 3. The van der Waals surface area contributed by atoms with Crippen LogP contribution in [0.15, 0.2) is 70.2 Å². The van der Waals surface area contributed by atoms with Crippen molar-refractivity contribution in [2.24, 2.45) is 0 Å². The first-order valence-electron chi connectivity index (χ1n) is 6.18. The van der Waals surface area contributed by atoms with Gasteiger partial charge < -0.3 is 0 Å². The summed E-state index contributed by atoms with van der Waals surface area (Å²) in [5.41, 5.74) is 1.26. The van der Waals surface area contributed by atoms with Crippen LogP contribution in [0.1, 0.15) is 0 Å². The maximum Gasteiger partial charge on any atom is 0.263 e. The Morgan fingerprint density at radius 2 is 1.71 bits per heavy atom. The smallest absolute Gasteiger partial charge is 0.263 e. The highest BCUT2D eigenvalue weighted by atomic mass is 79.9. The largest absolute Gasteiger partial charge is 0.278 e. The van der Waals surface area contributed by atoms with E-state index in [-0.39, 0.29) is 4.90 Å². The maximum atomic E-state index is 12.4. The zero-order chi connectivity index (χ0) is 14.9. The number of nitrogens with one attached hydrogen (secondary N) is 1. The Labute approximate surface area is 131 Å². The summed E-state index contributed by atoms with van der Waals surface area (Å²) in [6.07, 6.45) is 1.51. The fraction of sp³-hybridized carbons (Fsp3) is 0. The Bertz CT molecular complexity index is 910. The van der Waals surface area contributed by atoms with Crippen molar-refractivity contribution >= 4 is 42.5 Å². The van der Waals surface area contributed by atoms with Gasteiger partial charge in [0.05, 0.1) is 17.4 Å². The van der Waals surface area contributed by atoms with Gasteiger partial charge in [0, 0.05) is 9.86 Å². The molecule has 2 aromatic carbocycles. The molecule has 0 saturated heterocycles. The number of sulfonamides is 1. The number of nitrogens with zero attached hydrogens (tertiary/aromatic N) is 1. The average Bonchev–Trinajstić information content (AvgIpc) is 2.47. The number of halogens is 1. The minimum absolute atomic E-state index is 0.193. The summed E-state index contributed by atoms with van der Waals surface area (Å²) >= 11 is 3.25. The molecule has 0 atom stereocenters. The van der Waals surface area contributed by atoms with Crippen LogP contribution in [0, 0.1) is 0 Å². The predicted octanol–water partition coefficient (Wildman–Crippen LogP) is 3.80. The number of fused-ring (bicyclic) bond motifs is 1. The lowest BCUT2D eigenvalue weighted by Gasteiger charge is -2.09. The van der Waals surface area contributed by atoms with Crippen molar-refractivity contribution in [2.45, 2.75) is 4.90 Å². The second kappa shape index (κ2) is 5.46. The minimum atomic E-state index is -3.65. The topological polar surface area (TPSA) is 59.1 Å². The summed E-state index contributed by atoms with van der Waals surface area (Å²) in [5, 5.41) is 0.879. The van der Waals surface area contributed by atoms with Crippen LogP contribution in [0.3, 0.4) is 0 Å². The average molecular weight is 363 g/mol. The Hall–Kier alpha value is -1.92. The molecule has 0 bridgehead atoms. The van der Waals surface area contributed by atoms with Gasteiger partial charge in [-0.05, 0) is 40.2 Å². The van der Waals surface area contributed by atoms with Crippen LogP contribution in [0.2, 0.25) is 0 Å². The van der Waals surface area contributed by atoms with E-state index >= 15 is 0 Å². The highest BCUT2D eigenvalue weighted by Crippen LogP contribution is 2.24. The molecule has 4 nitrogen and oxygen atoms in total. The SMILES string of the molecule is O=S(=O)(Nc1cnc2ccccc2c1)c1ccccc1Br. The van der Waals surface area contributed by atoms with E-state index in [9.17, 15) is 8.42 Å². The summed E-state index contributed by atoms with van der Waals surface area (Å²) in [4.78, 5) is 4.44. The van der Waals surface area contributed by atoms with Gasteiger partial charge in [0.2, 0.25) is 0 Å². The second-order valence-corrected chi connectivity index (χ2v) is 6.96. The summed E-state index contributed by atoms with van der Waals surface area (Å²) in [7, 11) is -3.65. The van der Waals surface area contributed by atoms with Crippen LogP contribution in [0.25, 0.3) is 10.9 Å². The molecule has 3 aromatic rings. The number of aromatic nitrogens is 1. The molecule has 0 aliphatic heterocycles. The van der Waals surface area contributed by atoms with Crippen molar-refractivity contribution in [2.75, 3.05) is 4.72 Å². The van der Waals surface area contributed by atoms with Crippen LogP contribution >= 0.6 is 15.9 Å². The first-order chi connectivity index (χ1) is 10.1. The molecule has 3 rings (SSSR count). The lowest BCUT2D eigenvalue weighted by molar-refractivity contribution is 0.601. The number of para-hydroxylation sites is 1. The number of anilines is 1. The molecule has 0 saturated carbocycles. The number of rotatable bonds is 3. The molecule has 21 heavy (non-hydrogen) atoms. The van der Waals surface area contributed by atoms with Crippen molar-refractivity contribution < 1.29 is 8.42 Å². The van der Waals surface area contributed by atoms with Gasteiger partial charge in [-0.3, -0.25) is 9.71 Å². The van der Waals surface area contributed by atoms with Crippen LogP contribution in [0.4, 0.5) is 5.69 Å². The summed E-state index contributed by atoms with van der Waals surface area (Å²) in [5.74, 6) is 0. The van der Waals surface area contributed by atoms with Crippen LogP contribution in [-0.4, -0.2) is 13.4 Å². The minimum Gasteiger partial charge on any atom is -0.278 e. The van der Waals surface area contributed by atoms with Gasteiger partial charge in [0.1, 0.15) is 4.90 Å². The molecule has 1 aromatic heterocycles. The molecule has 0 aliphatic carbocycles. The summed E-state index contributed by atoms with van der Waals surface area (Å²) in [6, 6.07) is 16.0. The highest BCUT2D eigenvalue weighted by Gasteiger charge is 2.17. The Balaban J connectivity index is 1.99. The van der Waals surface area contributed by atoms with Gasteiger partial charge in [-0.2, -0.15) is 0 Å². The predicted molar refractivity (Wildman–Crippen MR) is 86.7 cm³/mol. The van der Waals surface area contributed by atoms with Gasteiger partial charge in [0.25, 0.3) is 10.0 Å². The van der Waals surface area contributed by atoms with E-state index in [1.807, 2.05) is 24.3 Å². The van der Waals surface area contributed by atoms with Gasteiger partial charge in [0.15, 0.2) is 0 Å². The van der Waals surface area contributed by atoms with Crippen molar-refractivity contribution in [3.8, 4) is 0 Å². The molecule has 0 spiro atoms. The molecule has 0 fully saturated rings. The zero-order valence-corrected chi connectivity index (χ0v) is 13.2. The van der Waals surface area contributed by atoms with E-state index in [1.165, 1.54) is 6.20 Å². The van der Waals surface area contributed by atoms with Crippen molar-refractivity contribution in [1.29, 1.82) is 0 Å². The van der Waals surface area contributed by atoms with E-state index in [0.717, 1.165) is 10.9 Å². The fourth-order valence-corrected chi connectivity index (χ4v) is 4.04. The lowest BCUT2D eigenvalue weighted by Crippen LogP contribution is -2.13. The summed E-state index contributed by atoms with van der Waals surface area (Å²) in [6.45, 7) is 0. The third kappa shape index (κ3) is 2.91. The second-order valence-electron chi connectivity index (χ2n) is 4.45. The van der Waals surface area contributed by atoms with Crippen LogP contribution in [-0.2, 0) is 10.0 Å². The van der Waals surface area contributed by atoms with Gasteiger partial charge in [-0.25, -0.2) is 8.42 Å². The van der Waals surface area contributed by atoms with Crippen LogP contribution in [0.5, 0.6) is 0 Å². The van der Waals surface area contributed by atoms with E-state index in [4.69, 9.17) is 0 Å². The van der Waals surface area contributed by atoms with E-state index in [2.05, 4.69) is 25.6 Å². The maximum absolute atomic E-state index is 12.4. The fourth-order valence-electron chi connectivity index (χ4n) is 2.00. The third-order valence-electron chi connectivity index (χ3n) is 2.97. The molecule has 0 radical (unpaired) electrons. The number of benzene rings is 2. The third-order valence-corrected chi connectivity index (χ3v) is 5.36. The normalized spacial score (nSPS) is 11.5. The Morgan fingerprint density at radius 3 is 2.52 bits per heavy atom. The summed E-state index contributed by atoms with van der Waals surface area (Å²) < 4.78 is 27.8. The van der Waals surface area contributed by atoms with Crippen molar-refractivity contribution in [3.63, 3.8) is 0 Å². The molecule has 106 valence electrons. The van der Waals surface area contributed by atoms with E-state index in [0.29, 0.717) is 10.2 Å².